The van der Waals surface area contributed by atoms with E-state index >= 15 is 0 Å². The first-order valence-corrected chi connectivity index (χ1v) is 17.7. The molecule has 6 amide bonds. The molecule has 14 heteroatoms. The number of primary amides is 1. The van der Waals surface area contributed by atoms with Crippen LogP contribution < -0.4 is 27.0 Å². The molecule has 0 aromatic carbocycles. The van der Waals surface area contributed by atoms with Gasteiger partial charge in [-0.05, 0) is 46.0 Å². The van der Waals surface area contributed by atoms with Gasteiger partial charge in [0.25, 0.3) is 0 Å². The van der Waals surface area contributed by atoms with E-state index in [4.69, 9.17) is 10.5 Å². The van der Waals surface area contributed by atoms with Crippen LogP contribution in [0.1, 0.15) is 67.2 Å². The smallest absolute Gasteiger partial charge is 0.329 e. The van der Waals surface area contributed by atoms with Crippen molar-refractivity contribution in [2.45, 2.75) is 104 Å². The van der Waals surface area contributed by atoms with Gasteiger partial charge in [-0.15, -0.1) is 0 Å². The second kappa shape index (κ2) is 24.6. The number of nitrogens with zero attached hydrogens (tertiary/aromatic N) is 1. The van der Waals surface area contributed by atoms with E-state index < -0.39 is 77.7 Å². The maximum Gasteiger partial charge on any atom is 0.329 e. The molecule has 290 valence electrons. The lowest BCUT2D eigenvalue weighted by atomic mass is 10.0. The van der Waals surface area contributed by atoms with Crippen LogP contribution in [0.15, 0.2) is 85.1 Å². The van der Waals surface area contributed by atoms with Crippen LogP contribution in [0.5, 0.6) is 0 Å². The number of esters is 1. The monoisotopic (exact) mass is 736 g/mol. The maximum absolute atomic E-state index is 13.7. The highest BCUT2D eigenvalue weighted by molar-refractivity contribution is 5.97. The zero-order valence-corrected chi connectivity index (χ0v) is 31.7. The third-order valence-electron chi connectivity index (χ3n) is 7.74. The Kier molecular flexibility index (Phi) is 21.1. The molecule has 1 fully saturated rings. The molecule has 0 unspecified atom stereocenters. The van der Waals surface area contributed by atoms with E-state index in [9.17, 15) is 33.6 Å². The zero-order chi connectivity index (χ0) is 39.9. The first kappa shape index (κ1) is 45.5. The number of carbonyl (C=O) groups is 7. The number of amides is 6. The largest absolute Gasteiger partial charge is 0.458 e. The number of hydrogen-bond acceptors (Lipinski definition) is 8. The van der Waals surface area contributed by atoms with Gasteiger partial charge in [0.15, 0.2) is 0 Å². The van der Waals surface area contributed by atoms with E-state index in [-0.39, 0.29) is 25.2 Å². The summed E-state index contributed by atoms with van der Waals surface area (Å²) in [5, 5.41) is 10.2. The molecule has 1 saturated heterocycles. The van der Waals surface area contributed by atoms with Gasteiger partial charge >= 0.3 is 5.97 Å². The average Bonchev–Trinajstić information content (AvgIpc) is 3.08. The highest BCUT2D eigenvalue weighted by Crippen LogP contribution is 2.13. The van der Waals surface area contributed by atoms with E-state index in [1.54, 1.807) is 24.3 Å². The Hall–Kier alpha value is -5.53. The molecule has 6 N–H and O–H groups in total. The standard InChI is InChI=1S/C39H56N6O8/c1-8-9-10-11-12-13-14-15-16-17-18-19-20-21-22-33(47)45(7)34-29(6)53-39(52)30(23-24-32(40)46)43-35(48)27(4)41-37(50)31(25-26(2)3)44-36(49)28(5)42-38(34)51/h9-22,26-31,34H,8,23-25H2,1-7H3,(H2,40,46)(H,41,50)(H,42,51)(H,43,48)(H,44,49)/b10-9+,12-11+,14-13+,16-15+,18-17+,20-19+,22-21+/t27-,28+,29+,30-,31-,34-/m0/s1. The van der Waals surface area contributed by atoms with Crippen LogP contribution in [0.3, 0.4) is 0 Å². The van der Waals surface area contributed by atoms with Gasteiger partial charge in [0.2, 0.25) is 35.4 Å². The number of likely N-dealkylation sites (N-methyl/N-ethyl adjacent to an activating group) is 1. The quantitative estimate of drug-likeness (QED) is 0.101. The summed E-state index contributed by atoms with van der Waals surface area (Å²) in [5.74, 6) is -5.33. The molecule has 1 rings (SSSR count). The number of allylic oxidation sites excluding steroid dienone is 13. The summed E-state index contributed by atoms with van der Waals surface area (Å²) in [6.07, 6.45) is 24.3. The van der Waals surface area contributed by atoms with E-state index in [0.29, 0.717) is 0 Å². The van der Waals surface area contributed by atoms with Gasteiger partial charge in [-0.1, -0.05) is 99.8 Å². The van der Waals surface area contributed by atoms with Crippen LogP contribution >= 0.6 is 0 Å². The SMILES string of the molecule is CC/C=C/C=C/C=C/C=C/C=C/C=C/C=C/C(=O)N(C)[C@@H]1C(=O)N[C@H](C)C(=O)N[C@@H](CC(C)C)C(=O)N[C@@H](C)C(=O)N[C@@H](CCC(N)=O)C(=O)O[C@@H]1C. The zero-order valence-electron chi connectivity index (χ0n) is 31.7. The first-order valence-electron chi connectivity index (χ1n) is 17.7. The van der Waals surface area contributed by atoms with Crippen molar-refractivity contribution in [2.75, 3.05) is 7.05 Å². The normalized spacial score (nSPS) is 24.5. The van der Waals surface area contributed by atoms with Crippen LogP contribution in [-0.2, 0) is 38.3 Å². The van der Waals surface area contributed by atoms with Crippen molar-refractivity contribution in [1.82, 2.24) is 26.2 Å². The van der Waals surface area contributed by atoms with Crippen molar-refractivity contribution in [3.8, 4) is 0 Å². The molecule has 14 nitrogen and oxygen atoms in total. The van der Waals surface area contributed by atoms with Crippen LogP contribution in [0.2, 0.25) is 0 Å². The van der Waals surface area contributed by atoms with Crippen molar-refractivity contribution in [3.63, 3.8) is 0 Å². The lowest BCUT2D eigenvalue weighted by Crippen LogP contribution is -2.60. The predicted molar refractivity (Wildman–Crippen MR) is 203 cm³/mol. The van der Waals surface area contributed by atoms with Gasteiger partial charge in [-0.2, -0.15) is 0 Å². The molecule has 0 bridgehead atoms. The summed E-state index contributed by atoms with van der Waals surface area (Å²) in [7, 11) is 1.33. The summed E-state index contributed by atoms with van der Waals surface area (Å²) >= 11 is 0. The van der Waals surface area contributed by atoms with Crippen LogP contribution in [-0.4, -0.2) is 89.7 Å². The molecule has 53 heavy (non-hydrogen) atoms. The molecule has 1 aliphatic rings. The Balaban J connectivity index is 3.31. The van der Waals surface area contributed by atoms with Gasteiger partial charge in [0, 0.05) is 19.5 Å². The summed E-state index contributed by atoms with van der Waals surface area (Å²) in [6.45, 7) is 9.93. The Morgan fingerprint density at radius 1 is 0.717 bits per heavy atom. The fourth-order valence-corrected chi connectivity index (χ4v) is 4.86. The number of ether oxygens (including phenoxy) is 1. The number of rotatable bonds is 14. The van der Waals surface area contributed by atoms with Crippen molar-refractivity contribution in [3.05, 3.63) is 85.1 Å². The maximum atomic E-state index is 13.7. The molecule has 1 heterocycles. The molecule has 0 spiro atoms. The van der Waals surface area contributed by atoms with Crippen molar-refractivity contribution >= 4 is 41.4 Å². The fraction of sp³-hybridized carbons (Fsp3) is 0.462. The van der Waals surface area contributed by atoms with Crippen LogP contribution in [0.4, 0.5) is 0 Å². The molecular formula is C39H56N6O8. The second-order valence-electron chi connectivity index (χ2n) is 12.9. The third-order valence-corrected chi connectivity index (χ3v) is 7.74. The first-order chi connectivity index (χ1) is 25.1. The van der Waals surface area contributed by atoms with E-state index in [2.05, 4.69) is 34.3 Å². The molecule has 0 radical (unpaired) electrons. The highest BCUT2D eigenvalue weighted by Gasteiger charge is 2.38. The van der Waals surface area contributed by atoms with Gasteiger partial charge < -0.3 is 36.6 Å². The Morgan fingerprint density at radius 2 is 1.19 bits per heavy atom. The summed E-state index contributed by atoms with van der Waals surface area (Å²) in [4.78, 5) is 92.4. The molecule has 0 aromatic rings. The summed E-state index contributed by atoms with van der Waals surface area (Å²) in [6, 6.07) is -6.20. The van der Waals surface area contributed by atoms with Crippen LogP contribution in [0, 0.1) is 5.92 Å². The minimum Gasteiger partial charge on any atom is -0.458 e. The van der Waals surface area contributed by atoms with E-state index in [0.717, 1.165) is 11.3 Å². The van der Waals surface area contributed by atoms with Crippen LogP contribution in [0.25, 0.3) is 0 Å². The summed E-state index contributed by atoms with van der Waals surface area (Å²) in [5.41, 5.74) is 5.29. The minimum absolute atomic E-state index is 0.0347. The Bertz CT molecular complexity index is 1490. The Morgan fingerprint density at radius 3 is 1.68 bits per heavy atom. The predicted octanol–water partition coefficient (Wildman–Crippen LogP) is 2.35. The summed E-state index contributed by atoms with van der Waals surface area (Å²) < 4.78 is 5.59. The second-order valence-corrected chi connectivity index (χ2v) is 12.9. The molecule has 1 aliphatic heterocycles. The van der Waals surface area contributed by atoms with Gasteiger partial charge in [-0.3, -0.25) is 28.8 Å². The average molecular weight is 737 g/mol. The number of hydrogen-bond donors (Lipinski definition) is 5. The number of cyclic esters (lactones) is 1. The minimum atomic E-state index is -1.44. The third kappa shape index (κ3) is 18.0. The van der Waals surface area contributed by atoms with Crippen molar-refractivity contribution < 1.29 is 38.3 Å². The Labute approximate surface area is 312 Å². The van der Waals surface area contributed by atoms with E-state index in [1.165, 1.54) is 40.0 Å². The fourth-order valence-electron chi connectivity index (χ4n) is 4.86. The lowest BCUT2D eigenvalue weighted by molar-refractivity contribution is -0.160. The van der Waals surface area contributed by atoms with Crippen molar-refractivity contribution in [1.29, 1.82) is 0 Å². The lowest BCUT2D eigenvalue weighted by Gasteiger charge is -2.33. The molecule has 0 aliphatic carbocycles. The number of carbonyl (C=O) groups excluding carboxylic acids is 7. The van der Waals surface area contributed by atoms with E-state index in [1.807, 2.05) is 56.4 Å². The van der Waals surface area contributed by atoms with Gasteiger partial charge in [-0.25, -0.2) is 4.79 Å². The molecule has 6 atom stereocenters. The molecule has 0 aromatic heterocycles. The molecular weight excluding hydrogens is 680 g/mol. The van der Waals surface area contributed by atoms with Gasteiger partial charge in [0.05, 0.1) is 0 Å². The number of nitrogens with two attached hydrogens (primary N) is 1. The van der Waals surface area contributed by atoms with Gasteiger partial charge in [0.1, 0.15) is 36.3 Å². The van der Waals surface area contributed by atoms with Crippen molar-refractivity contribution in [2.24, 2.45) is 11.7 Å². The number of nitrogens with one attached hydrogen (secondary N) is 4. The molecule has 0 saturated carbocycles. The topological polar surface area (TPSA) is 206 Å². The highest BCUT2D eigenvalue weighted by atomic mass is 16.5.